The molecule has 3 aromatic rings. The number of para-hydroxylation sites is 2. The fraction of sp³-hybridized carbons (Fsp3) is 0.182. The first-order valence-corrected chi connectivity index (χ1v) is 8.93. The van der Waals surface area contributed by atoms with Crippen LogP contribution >= 0.6 is 0 Å². The molecule has 3 rings (SSSR count). The Morgan fingerprint density at radius 2 is 1.71 bits per heavy atom. The van der Waals surface area contributed by atoms with E-state index in [9.17, 15) is 9.59 Å². The van der Waals surface area contributed by atoms with Gasteiger partial charge >= 0.3 is 0 Å². The maximum Gasteiger partial charge on any atom is 0.262 e. The molecule has 6 heteroatoms. The zero-order chi connectivity index (χ0) is 19.9. The highest BCUT2D eigenvalue weighted by Gasteiger charge is 2.14. The van der Waals surface area contributed by atoms with Crippen LogP contribution in [0, 0.1) is 13.8 Å². The van der Waals surface area contributed by atoms with Crippen molar-refractivity contribution >= 4 is 17.5 Å². The molecule has 2 N–H and O–H groups in total. The van der Waals surface area contributed by atoms with E-state index in [4.69, 9.17) is 9.15 Å². The van der Waals surface area contributed by atoms with Gasteiger partial charge in [0.05, 0.1) is 24.1 Å². The Morgan fingerprint density at radius 3 is 2.43 bits per heavy atom. The SMILES string of the molecule is Cc1cccc(C)c1OCC(=O)Nc1ccccc1C(=O)NCc1ccco1. The zero-order valence-electron chi connectivity index (χ0n) is 15.8. The summed E-state index contributed by atoms with van der Waals surface area (Å²) in [5, 5.41) is 5.52. The highest BCUT2D eigenvalue weighted by atomic mass is 16.5. The number of amides is 2. The molecule has 6 nitrogen and oxygen atoms in total. The molecule has 0 saturated carbocycles. The van der Waals surface area contributed by atoms with E-state index in [1.165, 1.54) is 0 Å². The summed E-state index contributed by atoms with van der Waals surface area (Å²) in [7, 11) is 0. The van der Waals surface area contributed by atoms with E-state index in [1.54, 1.807) is 42.7 Å². The number of hydrogen-bond acceptors (Lipinski definition) is 4. The van der Waals surface area contributed by atoms with Gasteiger partial charge in [0.2, 0.25) is 0 Å². The minimum absolute atomic E-state index is 0.145. The van der Waals surface area contributed by atoms with Crippen LogP contribution in [0.25, 0.3) is 0 Å². The van der Waals surface area contributed by atoms with Crippen molar-refractivity contribution in [2.75, 3.05) is 11.9 Å². The maximum absolute atomic E-state index is 12.5. The van der Waals surface area contributed by atoms with Gasteiger partial charge in [0, 0.05) is 0 Å². The number of hydrogen-bond donors (Lipinski definition) is 2. The van der Waals surface area contributed by atoms with Crippen LogP contribution in [-0.4, -0.2) is 18.4 Å². The first kappa shape index (κ1) is 19.2. The normalized spacial score (nSPS) is 10.4. The van der Waals surface area contributed by atoms with Gasteiger partial charge in [-0.1, -0.05) is 30.3 Å². The third-order valence-corrected chi connectivity index (χ3v) is 4.21. The maximum atomic E-state index is 12.5. The monoisotopic (exact) mass is 378 g/mol. The Hall–Kier alpha value is -3.54. The number of furan rings is 1. The molecule has 2 aromatic carbocycles. The van der Waals surface area contributed by atoms with Crippen LogP contribution in [0.1, 0.15) is 27.2 Å². The van der Waals surface area contributed by atoms with E-state index in [1.807, 2.05) is 32.0 Å². The molecule has 28 heavy (non-hydrogen) atoms. The number of aryl methyl sites for hydroxylation is 2. The van der Waals surface area contributed by atoms with Gasteiger partial charge in [-0.15, -0.1) is 0 Å². The second kappa shape index (κ2) is 8.90. The molecule has 0 saturated heterocycles. The standard InChI is InChI=1S/C22H22N2O4/c1-15-7-5-8-16(2)21(15)28-14-20(25)24-19-11-4-3-10-18(19)22(26)23-13-17-9-6-12-27-17/h3-12H,13-14H2,1-2H3,(H,23,26)(H,24,25). The first-order chi connectivity index (χ1) is 13.5. The molecule has 0 bridgehead atoms. The molecule has 0 spiro atoms. The van der Waals surface area contributed by atoms with Gasteiger partial charge in [0.25, 0.3) is 11.8 Å². The van der Waals surface area contributed by atoms with Gasteiger partial charge in [0.1, 0.15) is 11.5 Å². The average Bonchev–Trinajstić information content (AvgIpc) is 3.20. The van der Waals surface area contributed by atoms with E-state index < -0.39 is 0 Å². The van der Waals surface area contributed by atoms with Crippen LogP contribution in [0.2, 0.25) is 0 Å². The van der Waals surface area contributed by atoms with E-state index >= 15 is 0 Å². The smallest absolute Gasteiger partial charge is 0.262 e. The first-order valence-electron chi connectivity index (χ1n) is 8.93. The van der Waals surface area contributed by atoms with E-state index in [2.05, 4.69) is 10.6 Å². The topological polar surface area (TPSA) is 80.6 Å². The van der Waals surface area contributed by atoms with E-state index in [0.29, 0.717) is 22.8 Å². The molecule has 0 fully saturated rings. The minimum Gasteiger partial charge on any atom is -0.483 e. The molecule has 1 heterocycles. The van der Waals surface area contributed by atoms with Crippen LogP contribution in [0.5, 0.6) is 5.75 Å². The predicted molar refractivity (Wildman–Crippen MR) is 106 cm³/mol. The Kier molecular flexibility index (Phi) is 6.11. The molecule has 0 aliphatic heterocycles. The van der Waals surface area contributed by atoms with Crippen LogP contribution in [-0.2, 0) is 11.3 Å². The summed E-state index contributed by atoms with van der Waals surface area (Å²) < 4.78 is 10.9. The van der Waals surface area contributed by atoms with Gasteiger partial charge in [-0.25, -0.2) is 0 Å². The van der Waals surface area contributed by atoms with Crippen molar-refractivity contribution in [2.45, 2.75) is 20.4 Å². The number of rotatable bonds is 7. The molecular weight excluding hydrogens is 356 g/mol. The van der Waals surface area contributed by atoms with E-state index in [0.717, 1.165) is 11.1 Å². The summed E-state index contributed by atoms with van der Waals surface area (Å²) in [6.45, 7) is 3.98. The Morgan fingerprint density at radius 1 is 0.964 bits per heavy atom. The number of benzene rings is 2. The van der Waals surface area contributed by atoms with Crippen LogP contribution in [0.3, 0.4) is 0 Å². The largest absolute Gasteiger partial charge is 0.483 e. The Bertz CT molecular complexity index is 944. The number of carbonyl (C=O) groups excluding carboxylic acids is 2. The molecule has 144 valence electrons. The predicted octanol–water partition coefficient (Wildman–Crippen LogP) is 3.84. The van der Waals surface area contributed by atoms with Crippen molar-refractivity contribution in [3.63, 3.8) is 0 Å². The van der Waals surface area contributed by atoms with Gasteiger partial charge in [-0.05, 0) is 49.2 Å². The third-order valence-electron chi connectivity index (χ3n) is 4.21. The highest BCUT2D eigenvalue weighted by molar-refractivity contribution is 6.04. The average molecular weight is 378 g/mol. The lowest BCUT2D eigenvalue weighted by molar-refractivity contribution is -0.118. The van der Waals surface area contributed by atoms with E-state index in [-0.39, 0.29) is 25.0 Å². The summed E-state index contributed by atoms with van der Waals surface area (Å²) >= 11 is 0. The highest BCUT2D eigenvalue weighted by Crippen LogP contribution is 2.22. The molecule has 0 unspecified atom stereocenters. The van der Waals surface area contributed by atoms with Gasteiger partial charge in [-0.2, -0.15) is 0 Å². The van der Waals surface area contributed by atoms with Crippen molar-refractivity contribution in [1.82, 2.24) is 5.32 Å². The van der Waals surface area contributed by atoms with Crippen LogP contribution in [0.15, 0.2) is 65.3 Å². The molecule has 1 aromatic heterocycles. The lowest BCUT2D eigenvalue weighted by Crippen LogP contribution is -2.26. The molecule has 0 aliphatic carbocycles. The molecule has 0 atom stereocenters. The Labute approximate surface area is 163 Å². The summed E-state index contributed by atoms with van der Waals surface area (Å²) in [4.78, 5) is 24.8. The van der Waals surface area contributed by atoms with Crippen molar-refractivity contribution in [2.24, 2.45) is 0 Å². The van der Waals surface area contributed by atoms with Crippen molar-refractivity contribution in [3.05, 3.63) is 83.3 Å². The van der Waals surface area contributed by atoms with Crippen LogP contribution in [0.4, 0.5) is 5.69 Å². The van der Waals surface area contributed by atoms with Crippen molar-refractivity contribution < 1.29 is 18.7 Å². The number of nitrogens with one attached hydrogen (secondary N) is 2. The zero-order valence-corrected chi connectivity index (χ0v) is 15.8. The molecular formula is C22H22N2O4. The third kappa shape index (κ3) is 4.79. The summed E-state index contributed by atoms with van der Waals surface area (Å²) in [6, 6.07) is 16.2. The quantitative estimate of drug-likeness (QED) is 0.654. The van der Waals surface area contributed by atoms with Crippen molar-refractivity contribution in [1.29, 1.82) is 0 Å². The summed E-state index contributed by atoms with van der Waals surface area (Å²) in [5.41, 5.74) is 2.72. The fourth-order valence-electron chi connectivity index (χ4n) is 2.82. The minimum atomic E-state index is -0.339. The second-order valence-corrected chi connectivity index (χ2v) is 6.37. The lowest BCUT2D eigenvalue weighted by Gasteiger charge is -2.13. The molecule has 0 aliphatic rings. The Balaban J connectivity index is 1.62. The number of anilines is 1. The van der Waals surface area contributed by atoms with Gasteiger partial charge < -0.3 is 19.8 Å². The fourth-order valence-corrected chi connectivity index (χ4v) is 2.82. The molecule has 2 amide bonds. The number of carbonyl (C=O) groups is 2. The van der Waals surface area contributed by atoms with Crippen molar-refractivity contribution in [3.8, 4) is 5.75 Å². The van der Waals surface area contributed by atoms with Gasteiger partial charge in [0.15, 0.2) is 6.61 Å². The van der Waals surface area contributed by atoms with Crippen LogP contribution < -0.4 is 15.4 Å². The van der Waals surface area contributed by atoms with Gasteiger partial charge in [-0.3, -0.25) is 9.59 Å². The summed E-state index contributed by atoms with van der Waals surface area (Å²) in [6.07, 6.45) is 1.55. The summed E-state index contributed by atoms with van der Waals surface area (Å²) in [5.74, 6) is 0.705. The lowest BCUT2D eigenvalue weighted by atomic mass is 10.1. The molecule has 0 radical (unpaired) electrons. The number of ether oxygens (including phenoxy) is 1. The second-order valence-electron chi connectivity index (χ2n) is 6.37.